The van der Waals surface area contributed by atoms with Crippen LogP contribution in [0.15, 0.2) is 23.1 Å². The van der Waals surface area contributed by atoms with Gasteiger partial charge in [-0.05, 0) is 56.7 Å². The van der Waals surface area contributed by atoms with Crippen molar-refractivity contribution in [2.45, 2.75) is 55.5 Å². The van der Waals surface area contributed by atoms with Gasteiger partial charge in [-0.1, -0.05) is 0 Å². The summed E-state index contributed by atoms with van der Waals surface area (Å²) in [6.45, 7) is 1.01. The highest BCUT2D eigenvalue weighted by molar-refractivity contribution is 7.89. The lowest BCUT2D eigenvalue weighted by Crippen LogP contribution is -2.40. The van der Waals surface area contributed by atoms with E-state index < -0.39 is 10.0 Å². The minimum absolute atomic E-state index is 0. The SMILES string of the molecule is COc1ccc(C(=O)NC2CCC(N)CC2)cc1S(=O)(=O)N1CCCC1.Cl. The van der Waals surface area contributed by atoms with Gasteiger partial charge in [-0.15, -0.1) is 12.4 Å². The molecule has 2 aliphatic rings. The van der Waals surface area contributed by atoms with E-state index in [0.717, 1.165) is 38.5 Å². The predicted molar refractivity (Wildman–Crippen MR) is 106 cm³/mol. The Kier molecular flexibility index (Phi) is 7.50. The third-order valence-electron chi connectivity index (χ3n) is 5.22. The quantitative estimate of drug-likeness (QED) is 0.761. The zero-order chi connectivity index (χ0) is 18.7. The molecular weight excluding hydrogens is 390 g/mol. The number of sulfonamides is 1. The Balaban J connectivity index is 0.00000261. The van der Waals surface area contributed by atoms with E-state index >= 15 is 0 Å². The van der Waals surface area contributed by atoms with Gasteiger partial charge in [-0.25, -0.2) is 8.42 Å². The molecule has 152 valence electrons. The van der Waals surface area contributed by atoms with Crippen LogP contribution in [0, 0.1) is 0 Å². The number of amides is 1. The molecule has 0 unspecified atom stereocenters. The largest absolute Gasteiger partial charge is 0.495 e. The second-order valence-corrected chi connectivity index (χ2v) is 8.97. The van der Waals surface area contributed by atoms with Crippen LogP contribution in [0.2, 0.25) is 0 Å². The van der Waals surface area contributed by atoms with Crippen LogP contribution in [0.3, 0.4) is 0 Å². The number of nitrogens with one attached hydrogen (secondary N) is 1. The zero-order valence-electron chi connectivity index (χ0n) is 15.5. The van der Waals surface area contributed by atoms with Gasteiger partial charge in [0.2, 0.25) is 10.0 Å². The maximum absolute atomic E-state index is 12.9. The first kappa shape index (κ1) is 21.9. The summed E-state index contributed by atoms with van der Waals surface area (Å²) >= 11 is 0. The van der Waals surface area contributed by atoms with E-state index in [1.54, 1.807) is 12.1 Å². The summed E-state index contributed by atoms with van der Waals surface area (Å²) < 4.78 is 32.5. The van der Waals surface area contributed by atoms with Crippen molar-refractivity contribution in [2.75, 3.05) is 20.2 Å². The molecule has 1 heterocycles. The van der Waals surface area contributed by atoms with Crippen LogP contribution in [-0.4, -0.2) is 50.9 Å². The summed E-state index contributed by atoms with van der Waals surface area (Å²) in [5, 5.41) is 3.00. The average molecular weight is 418 g/mol. The van der Waals surface area contributed by atoms with Crippen molar-refractivity contribution in [1.82, 2.24) is 9.62 Å². The lowest BCUT2D eigenvalue weighted by molar-refractivity contribution is 0.0925. The molecule has 27 heavy (non-hydrogen) atoms. The molecule has 7 nitrogen and oxygen atoms in total. The summed E-state index contributed by atoms with van der Waals surface area (Å²) in [4.78, 5) is 12.7. The topological polar surface area (TPSA) is 102 Å². The van der Waals surface area contributed by atoms with Crippen LogP contribution in [0.25, 0.3) is 0 Å². The lowest BCUT2D eigenvalue weighted by Gasteiger charge is -2.27. The Morgan fingerprint density at radius 3 is 2.41 bits per heavy atom. The summed E-state index contributed by atoms with van der Waals surface area (Å²) in [7, 11) is -2.23. The molecule has 1 aliphatic carbocycles. The first-order valence-electron chi connectivity index (χ1n) is 9.16. The second kappa shape index (κ2) is 9.23. The third kappa shape index (κ3) is 4.93. The van der Waals surface area contributed by atoms with Crippen molar-refractivity contribution < 1.29 is 17.9 Å². The summed E-state index contributed by atoms with van der Waals surface area (Å²) in [6, 6.07) is 4.88. The van der Waals surface area contributed by atoms with Crippen LogP contribution in [0.1, 0.15) is 48.9 Å². The molecule has 0 aromatic heterocycles. The highest BCUT2D eigenvalue weighted by Gasteiger charge is 2.31. The number of ether oxygens (including phenoxy) is 1. The molecule has 0 bridgehead atoms. The summed E-state index contributed by atoms with van der Waals surface area (Å²) in [5.41, 5.74) is 6.23. The van der Waals surface area contributed by atoms with Crippen molar-refractivity contribution in [1.29, 1.82) is 0 Å². The summed E-state index contributed by atoms with van der Waals surface area (Å²) in [5.74, 6) is 0.00286. The van der Waals surface area contributed by atoms with Gasteiger partial charge < -0.3 is 15.8 Å². The Labute approximate surface area is 167 Å². The van der Waals surface area contributed by atoms with Crippen molar-refractivity contribution in [3.8, 4) is 5.75 Å². The number of methoxy groups -OCH3 is 1. The Bertz CT molecular complexity index is 758. The van der Waals surface area contributed by atoms with Gasteiger partial charge in [-0.3, -0.25) is 4.79 Å². The molecule has 1 saturated heterocycles. The highest BCUT2D eigenvalue weighted by Crippen LogP contribution is 2.30. The molecular formula is C18H28ClN3O4S. The first-order valence-corrected chi connectivity index (χ1v) is 10.6. The van der Waals surface area contributed by atoms with E-state index in [-0.39, 0.29) is 41.0 Å². The number of hydrogen-bond donors (Lipinski definition) is 2. The number of halogens is 1. The van der Waals surface area contributed by atoms with Crippen LogP contribution >= 0.6 is 12.4 Å². The molecule has 0 atom stereocenters. The Morgan fingerprint density at radius 2 is 1.81 bits per heavy atom. The number of rotatable bonds is 5. The van der Waals surface area contributed by atoms with Crippen molar-refractivity contribution in [3.05, 3.63) is 23.8 Å². The fraction of sp³-hybridized carbons (Fsp3) is 0.611. The molecule has 3 rings (SSSR count). The summed E-state index contributed by atoms with van der Waals surface area (Å²) in [6.07, 6.45) is 5.19. The number of nitrogens with two attached hydrogens (primary N) is 1. The molecule has 2 fully saturated rings. The van der Waals surface area contributed by atoms with Crippen LogP contribution < -0.4 is 15.8 Å². The van der Waals surface area contributed by atoms with E-state index in [2.05, 4.69) is 5.32 Å². The number of benzene rings is 1. The molecule has 3 N–H and O–H groups in total. The van der Waals surface area contributed by atoms with Gasteiger partial charge in [0.25, 0.3) is 5.91 Å². The fourth-order valence-electron chi connectivity index (χ4n) is 3.62. The van der Waals surface area contributed by atoms with Gasteiger partial charge in [0.1, 0.15) is 10.6 Å². The van der Waals surface area contributed by atoms with Crippen LogP contribution in [-0.2, 0) is 10.0 Å². The normalized spacial score (nSPS) is 23.5. The Hall–Kier alpha value is -1.35. The van der Waals surface area contributed by atoms with E-state index in [9.17, 15) is 13.2 Å². The molecule has 1 aromatic rings. The van der Waals surface area contributed by atoms with Gasteiger partial charge >= 0.3 is 0 Å². The zero-order valence-corrected chi connectivity index (χ0v) is 17.2. The predicted octanol–water partition coefficient (Wildman–Crippen LogP) is 1.90. The maximum Gasteiger partial charge on any atom is 0.251 e. The molecule has 0 radical (unpaired) electrons. The van der Waals surface area contributed by atoms with Gasteiger partial charge in [0, 0.05) is 30.7 Å². The van der Waals surface area contributed by atoms with Crippen LogP contribution in [0.5, 0.6) is 5.75 Å². The molecule has 1 amide bonds. The smallest absolute Gasteiger partial charge is 0.251 e. The monoisotopic (exact) mass is 417 g/mol. The van der Waals surface area contributed by atoms with E-state index in [1.165, 1.54) is 17.5 Å². The Morgan fingerprint density at radius 1 is 1.19 bits per heavy atom. The lowest BCUT2D eigenvalue weighted by atomic mass is 9.91. The highest BCUT2D eigenvalue weighted by atomic mass is 35.5. The van der Waals surface area contributed by atoms with E-state index in [0.29, 0.717) is 18.7 Å². The van der Waals surface area contributed by atoms with Crippen LogP contribution in [0.4, 0.5) is 0 Å². The van der Waals surface area contributed by atoms with Crippen molar-refractivity contribution in [2.24, 2.45) is 5.73 Å². The maximum atomic E-state index is 12.9. The number of carbonyl (C=O) groups is 1. The third-order valence-corrected chi connectivity index (χ3v) is 7.14. The molecule has 1 aromatic carbocycles. The minimum Gasteiger partial charge on any atom is -0.495 e. The fourth-order valence-corrected chi connectivity index (χ4v) is 5.32. The average Bonchev–Trinajstić information content (AvgIpc) is 3.18. The van der Waals surface area contributed by atoms with Crippen molar-refractivity contribution in [3.63, 3.8) is 0 Å². The molecule has 0 spiro atoms. The molecule has 1 aliphatic heterocycles. The number of carbonyl (C=O) groups excluding carboxylic acids is 1. The number of nitrogens with zero attached hydrogens (tertiary/aromatic N) is 1. The van der Waals surface area contributed by atoms with Gasteiger partial charge in [0.05, 0.1) is 7.11 Å². The van der Waals surface area contributed by atoms with E-state index in [4.69, 9.17) is 10.5 Å². The second-order valence-electron chi connectivity index (χ2n) is 7.06. The standard InChI is InChI=1S/C18H27N3O4S.ClH/c1-25-16-9-4-13(18(22)20-15-7-5-14(19)6-8-15)12-17(16)26(23,24)21-10-2-3-11-21;/h4,9,12,14-15H,2-3,5-8,10-11,19H2,1H3,(H,20,22);1H. The minimum atomic E-state index is -3.67. The van der Waals surface area contributed by atoms with Crippen molar-refractivity contribution >= 4 is 28.3 Å². The molecule has 1 saturated carbocycles. The molecule has 9 heteroatoms. The first-order chi connectivity index (χ1) is 12.4. The number of hydrogen-bond acceptors (Lipinski definition) is 5. The van der Waals surface area contributed by atoms with Gasteiger partial charge in [-0.2, -0.15) is 4.31 Å². The van der Waals surface area contributed by atoms with E-state index in [1.807, 2.05) is 0 Å². The van der Waals surface area contributed by atoms with Gasteiger partial charge in [0.15, 0.2) is 0 Å².